The van der Waals surface area contributed by atoms with Crippen molar-refractivity contribution in [3.05, 3.63) is 59.8 Å². The molecule has 1 aliphatic carbocycles. The fourth-order valence-corrected chi connectivity index (χ4v) is 6.04. The Morgan fingerprint density at radius 3 is 2.68 bits per heavy atom. The molecule has 4 aliphatic rings. The Kier molecular flexibility index (Phi) is 10.2. The van der Waals surface area contributed by atoms with E-state index in [1.807, 2.05) is 0 Å². The molecule has 2 bridgehead atoms. The highest BCUT2D eigenvalue weighted by Crippen LogP contribution is 2.35. The lowest BCUT2D eigenvalue weighted by Crippen LogP contribution is -2.32. The quantitative estimate of drug-likeness (QED) is 0.287. The standard InChI is InChI=1S/C32H46O6/c1-20-15-21(2)17-28(34)32-30(38-32)19-29(27(33)14-13-24-12-11-22(3)23(4)18-24)37-31(35)10-6-8-25-7-5-9-26(16-20)36-25/h5-7,10,13-14,20,24-30,32-34H,2,8-9,11-12,15-19H2,1,3-4H3/b10-6-,14-13+/t20-,24?,25-,26-,27-,28-,29-,30-,32-/m0/s1. The van der Waals surface area contributed by atoms with Gasteiger partial charge in [0, 0.05) is 12.5 Å². The molecule has 38 heavy (non-hydrogen) atoms. The van der Waals surface area contributed by atoms with Crippen LogP contribution in [0.15, 0.2) is 59.8 Å². The second-order valence-electron chi connectivity index (χ2n) is 12.0. The number of aliphatic hydroxyl groups excluding tert-OH is 2. The van der Waals surface area contributed by atoms with Gasteiger partial charge in [0.05, 0.1) is 24.4 Å². The lowest BCUT2D eigenvalue weighted by molar-refractivity contribution is -0.148. The van der Waals surface area contributed by atoms with Gasteiger partial charge in [0.25, 0.3) is 0 Å². The Morgan fingerprint density at radius 2 is 1.89 bits per heavy atom. The first-order valence-electron chi connectivity index (χ1n) is 14.4. The first-order chi connectivity index (χ1) is 18.2. The first kappa shape index (κ1) is 29.0. The van der Waals surface area contributed by atoms with Crippen LogP contribution in [0.3, 0.4) is 0 Å². The van der Waals surface area contributed by atoms with Crippen LogP contribution in [-0.4, -0.2) is 58.9 Å². The van der Waals surface area contributed by atoms with Gasteiger partial charge < -0.3 is 24.4 Å². The number of aliphatic hydroxyl groups is 2. The van der Waals surface area contributed by atoms with Gasteiger partial charge in [-0.1, -0.05) is 60.6 Å². The highest BCUT2D eigenvalue weighted by molar-refractivity contribution is 5.82. The Bertz CT molecular complexity index is 961. The molecule has 210 valence electrons. The minimum atomic E-state index is -0.951. The summed E-state index contributed by atoms with van der Waals surface area (Å²) in [4.78, 5) is 12.7. The van der Waals surface area contributed by atoms with Crippen LogP contribution in [0.5, 0.6) is 0 Å². The molecule has 6 heteroatoms. The summed E-state index contributed by atoms with van der Waals surface area (Å²) in [5, 5.41) is 21.8. The van der Waals surface area contributed by atoms with Crippen molar-refractivity contribution < 1.29 is 29.2 Å². The number of cyclic esters (lactones) is 1. The van der Waals surface area contributed by atoms with Gasteiger partial charge in [0.1, 0.15) is 18.3 Å². The Balaban J connectivity index is 1.44. The zero-order chi connectivity index (χ0) is 27.2. The van der Waals surface area contributed by atoms with Gasteiger partial charge in [-0.3, -0.25) is 0 Å². The number of epoxide rings is 1. The fraction of sp³-hybridized carbons (Fsp3) is 0.656. The fourth-order valence-electron chi connectivity index (χ4n) is 6.04. The van der Waals surface area contributed by atoms with E-state index in [1.54, 1.807) is 12.2 Å². The molecule has 3 aliphatic heterocycles. The molecule has 0 radical (unpaired) electrons. The maximum absolute atomic E-state index is 12.7. The second-order valence-corrected chi connectivity index (χ2v) is 12.0. The Hall–Kier alpha value is -1.99. The normalized spacial score (nSPS) is 39.2. The monoisotopic (exact) mass is 526 g/mol. The van der Waals surface area contributed by atoms with Gasteiger partial charge in [0.15, 0.2) is 0 Å². The van der Waals surface area contributed by atoms with Gasteiger partial charge >= 0.3 is 5.97 Å². The number of hydrogen-bond donors (Lipinski definition) is 2. The van der Waals surface area contributed by atoms with E-state index in [9.17, 15) is 15.0 Å². The number of hydrogen-bond acceptors (Lipinski definition) is 6. The molecule has 0 aromatic heterocycles. The van der Waals surface area contributed by atoms with E-state index >= 15 is 0 Å². The zero-order valence-electron chi connectivity index (χ0n) is 23.3. The average molecular weight is 527 g/mol. The van der Waals surface area contributed by atoms with Crippen molar-refractivity contribution in [2.45, 2.75) is 121 Å². The van der Waals surface area contributed by atoms with E-state index in [0.717, 1.165) is 44.1 Å². The zero-order valence-corrected chi connectivity index (χ0v) is 23.3. The van der Waals surface area contributed by atoms with E-state index in [2.05, 4.69) is 45.6 Å². The molecule has 6 nitrogen and oxygen atoms in total. The van der Waals surface area contributed by atoms with Crippen LogP contribution in [0.1, 0.15) is 78.6 Å². The summed E-state index contributed by atoms with van der Waals surface area (Å²) in [5.41, 5.74) is 3.87. The second kappa shape index (κ2) is 13.4. The van der Waals surface area contributed by atoms with E-state index in [0.29, 0.717) is 31.1 Å². The van der Waals surface area contributed by atoms with Gasteiger partial charge in [-0.15, -0.1) is 0 Å². The van der Waals surface area contributed by atoms with Crippen molar-refractivity contribution in [1.29, 1.82) is 0 Å². The van der Waals surface area contributed by atoms with Crippen LogP contribution in [-0.2, 0) is 19.0 Å². The third-order valence-corrected chi connectivity index (χ3v) is 8.42. The van der Waals surface area contributed by atoms with Crippen molar-refractivity contribution in [2.24, 2.45) is 11.8 Å². The number of carbonyl (C=O) groups is 1. The Labute approximate surface area is 228 Å². The largest absolute Gasteiger partial charge is 0.456 e. The van der Waals surface area contributed by atoms with Gasteiger partial charge in [-0.2, -0.15) is 0 Å². The van der Waals surface area contributed by atoms with Crippen LogP contribution in [0, 0.1) is 11.8 Å². The van der Waals surface area contributed by atoms with Gasteiger partial charge in [-0.25, -0.2) is 4.79 Å². The van der Waals surface area contributed by atoms with E-state index < -0.39 is 24.3 Å². The molecule has 0 amide bonds. The van der Waals surface area contributed by atoms with Gasteiger partial charge in [0.2, 0.25) is 0 Å². The predicted octanol–water partition coefficient (Wildman–Crippen LogP) is 5.51. The summed E-state index contributed by atoms with van der Waals surface area (Å²) in [5.74, 6) is 0.272. The maximum Gasteiger partial charge on any atom is 0.330 e. The molecular formula is C32H46O6. The van der Waals surface area contributed by atoms with Crippen molar-refractivity contribution in [3.8, 4) is 0 Å². The number of rotatable bonds is 3. The highest BCUT2D eigenvalue weighted by atomic mass is 16.6. The SMILES string of the molecule is C=C1C[C@H](C)C[C@@H]2CC=C[C@@H](C/C=C\C(=O)O[C@H]([C@@H](O)/C=C/C3CCC(C)=C(C)C3)C[C@@H]3O[C@H]3[C@@H](O)C1)O2. The molecule has 4 rings (SSSR count). The lowest BCUT2D eigenvalue weighted by Gasteiger charge is -2.28. The summed E-state index contributed by atoms with van der Waals surface area (Å²) in [6.45, 7) is 10.8. The van der Waals surface area contributed by atoms with Crippen LogP contribution in [0.25, 0.3) is 0 Å². The molecule has 9 atom stereocenters. The third kappa shape index (κ3) is 8.51. The van der Waals surface area contributed by atoms with E-state index in [1.165, 1.54) is 17.2 Å². The Morgan fingerprint density at radius 1 is 1.08 bits per heavy atom. The van der Waals surface area contributed by atoms with Crippen molar-refractivity contribution in [3.63, 3.8) is 0 Å². The lowest BCUT2D eigenvalue weighted by atomic mass is 9.84. The first-order valence-corrected chi connectivity index (χ1v) is 14.4. The molecule has 0 saturated carbocycles. The highest BCUT2D eigenvalue weighted by Gasteiger charge is 2.46. The van der Waals surface area contributed by atoms with Crippen LogP contribution >= 0.6 is 0 Å². The minimum absolute atomic E-state index is 0.0736. The molecule has 0 aromatic rings. The molecule has 0 spiro atoms. The smallest absolute Gasteiger partial charge is 0.330 e. The summed E-state index contributed by atoms with van der Waals surface area (Å²) in [7, 11) is 0. The topological polar surface area (TPSA) is 88.5 Å². The summed E-state index contributed by atoms with van der Waals surface area (Å²) < 4.78 is 17.8. The van der Waals surface area contributed by atoms with Crippen molar-refractivity contribution in [2.75, 3.05) is 0 Å². The molecular weight excluding hydrogens is 480 g/mol. The molecule has 3 heterocycles. The number of ether oxygens (including phenoxy) is 3. The number of esters is 1. The predicted molar refractivity (Wildman–Crippen MR) is 148 cm³/mol. The third-order valence-electron chi connectivity index (χ3n) is 8.42. The van der Waals surface area contributed by atoms with E-state index in [4.69, 9.17) is 14.2 Å². The number of fused-ring (bicyclic) bond motifs is 3. The molecule has 0 aromatic carbocycles. The van der Waals surface area contributed by atoms with Crippen molar-refractivity contribution >= 4 is 5.97 Å². The van der Waals surface area contributed by atoms with Crippen LogP contribution in [0.2, 0.25) is 0 Å². The van der Waals surface area contributed by atoms with Crippen molar-refractivity contribution in [1.82, 2.24) is 0 Å². The number of carbonyl (C=O) groups excluding carboxylic acids is 1. The molecule has 1 saturated heterocycles. The van der Waals surface area contributed by atoms with E-state index in [-0.39, 0.29) is 24.4 Å². The van der Waals surface area contributed by atoms with Crippen LogP contribution in [0.4, 0.5) is 0 Å². The molecule has 1 fully saturated rings. The van der Waals surface area contributed by atoms with Gasteiger partial charge in [-0.05, 0) is 77.0 Å². The summed E-state index contributed by atoms with van der Waals surface area (Å²) in [6.07, 6.45) is 15.5. The summed E-state index contributed by atoms with van der Waals surface area (Å²) in [6, 6.07) is 0. The number of allylic oxidation sites excluding steroid dienone is 3. The summed E-state index contributed by atoms with van der Waals surface area (Å²) >= 11 is 0. The minimum Gasteiger partial charge on any atom is -0.456 e. The molecule has 2 N–H and O–H groups in total. The molecule has 1 unspecified atom stereocenters. The van der Waals surface area contributed by atoms with Crippen LogP contribution < -0.4 is 0 Å². The average Bonchev–Trinajstić information content (AvgIpc) is 3.63. The maximum atomic E-state index is 12.7.